The number of hydrogen-bond acceptors (Lipinski definition) is 5. The van der Waals surface area contributed by atoms with Gasteiger partial charge < -0.3 is 15.1 Å². The number of nitrogens with one attached hydrogen (secondary N) is 1. The number of thiophene rings is 1. The van der Waals surface area contributed by atoms with E-state index in [2.05, 4.69) is 10.4 Å². The predicted molar refractivity (Wildman–Crippen MR) is 111 cm³/mol. The maximum Gasteiger partial charge on any atom is 0.264 e. The summed E-state index contributed by atoms with van der Waals surface area (Å²) in [5.41, 5.74) is -0.605. The summed E-state index contributed by atoms with van der Waals surface area (Å²) >= 11 is 1.53. The minimum atomic E-state index is -0.605. The highest BCUT2D eigenvalue weighted by Crippen LogP contribution is 2.30. The van der Waals surface area contributed by atoms with E-state index in [1.165, 1.54) is 11.3 Å². The lowest BCUT2D eigenvalue weighted by atomic mass is 9.86. The molecule has 2 aromatic heterocycles. The highest BCUT2D eigenvalue weighted by Gasteiger charge is 2.45. The van der Waals surface area contributed by atoms with E-state index in [9.17, 15) is 9.59 Å². The molecule has 9 heteroatoms. The first-order valence-electron chi connectivity index (χ1n) is 9.46. The number of aryl methyl sites for hydroxylation is 1. The van der Waals surface area contributed by atoms with Crippen molar-refractivity contribution in [3.05, 3.63) is 40.3 Å². The monoisotopic (exact) mass is 423 g/mol. The molecule has 7 nitrogen and oxygen atoms in total. The zero-order valence-corrected chi connectivity index (χ0v) is 17.6. The summed E-state index contributed by atoms with van der Waals surface area (Å²) in [5, 5.41) is 7.73. The molecule has 0 unspecified atom stereocenters. The standard InChI is InChI=1S/C19H25N5O2S.ClH/c1-15-3-4-16(27-15)17(25)22-11-13-23(14-12-22)18(26)19(5-8-20-9-6-19)24-10-2-7-21-24;/h2-4,7,10,20H,5-6,8-9,11-14H2,1H3;1H. The molecule has 4 heterocycles. The minimum Gasteiger partial charge on any atom is -0.337 e. The lowest BCUT2D eigenvalue weighted by Crippen LogP contribution is -2.59. The molecule has 2 aromatic rings. The molecule has 4 rings (SSSR count). The second kappa shape index (κ2) is 8.63. The second-order valence-electron chi connectivity index (χ2n) is 7.23. The third-order valence-corrected chi connectivity index (χ3v) is 6.57. The Morgan fingerprint density at radius 2 is 1.79 bits per heavy atom. The maximum atomic E-state index is 13.5. The fourth-order valence-corrected chi connectivity index (χ4v) is 4.85. The molecule has 0 bridgehead atoms. The highest BCUT2D eigenvalue weighted by atomic mass is 35.5. The van der Waals surface area contributed by atoms with Crippen LogP contribution in [-0.2, 0) is 10.3 Å². The van der Waals surface area contributed by atoms with Crippen molar-refractivity contribution in [2.45, 2.75) is 25.3 Å². The first-order valence-corrected chi connectivity index (χ1v) is 10.3. The quantitative estimate of drug-likeness (QED) is 0.816. The summed E-state index contributed by atoms with van der Waals surface area (Å²) in [6.45, 7) is 5.93. The smallest absolute Gasteiger partial charge is 0.264 e. The van der Waals surface area contributed by atoms with Gasteiger partial charge in [-0.15, -0.1) is 23.7 Å². The van der Waals surface area contributed by atoms with Crippen molar-refractivity contribution in [3.8, 4) is 0 Å². The van der Waals surface area contributed by atoms with E-state index < -0.39 is 5.54 Å². The van der Waals surface area contributed by atoms with E-state index in [1.807, 2.05) is 45.8 Å². The molecular formula is C19H26ClN5O2S. The number of piperazine rings is 1. The summed E-state index contributed by atoms with van der Waals surface area (Å²) in [6, 6.07) is 5.74. The number of amides is 2. The molecule has 0 spiro atoms. The topological polar surface area (TPSA) is 70.5 Å². The van der Waals surface area contributed by atoms with Gasteiger partial charge in [0.15, 0.2) is 0 Å². The van der Waals surface area contributed by atoms with Crippen LogP contribution in [-0.4, -0.2) is 70.7 Å². The normalized spacial score (nSPS) is 19.2. The zero-order valence-electron chi connectivity index (χ0n) is 16.0. The van der Waals surface area contributed by atoms with Crippen molar-refractivity contribution in [3.63, 3.8) is 0 Å². The van der Waals surface area contributed by atoms with Gasteiger partial charge in [0.1, 0.15) is 5.54 Å². The van der Waals surface area contributed by atoms with Crippen LogP contribution in [0, 0.1) is 6.92 Å². The van der Waals surface area contributed by atoms with E-state index in [-0.39, 0.29) is 24.2 Å². The van der Waals surface area contributed by atoms with Crippen LogP contribution in [0.25, 0.3) is 0 Å². The highest BCUT2D eigenvalue weighted by molar-refractivity contribution is 7.13. The molecule has 2 aliphatic heterocycles. The Balaban J connectivity index is 0.00000225. The van der Waals surface area contributed by atoms with E-state index in [0.29, 0.717) is 26.2 Å². The molecule has 152 valence electrons. The molecule has 2 aliphatic rings. The molecular weight excluding hydrogens is 398 g/mol. The van der Waals surface area contributed by atoms with Gasteiger partial charge in [0.05, 0.1) is 4.88 Å². The van der Waals surface area contributed by atoms with Gasteiger partial charge in [-0.2, -0.15) is 5.10 Å². The van der Waals surface area contributed by atoms with Crippen LogP contribution in [0.4, 0.5) is 0 Å². The molecule has 1 N–H and O–H groups in total. The number of carbonyl (C=O) groups excluding carboxylic acids is 2. The summed E-state index contributed by atoms with van der Waals surface area (Å²) in [6.07, 6.45) is 5.10. The summed E-state index contributed by atoms with van der Waals surface area (Å²) in [4.78, 5) is 31.8. The number of carbonyl (C=O) groups is 2. The van der Waals surface area contributed by atoms with Crippen molar-refractivity contribution >= 4 is 35.6 Å². The van der Waals surface area contributed by atoms with Gasteiger partial charge in [-0.1, -0.05) is 0 Å². The van der Waals surface area contributed by atoms with Crippen LogP contribution >= 0.6 is 23.7 Å². The molecule has 2 amide bonds. The van der Waals surface area contributed by atoms with Crippen LogP contribution in [0.5, 0.6) is 0 Å². The number of rotatable bonds is 3. The van der Waals surface area contributed by atoms with Gasteiger partial charge >= 0.3 is 0 Å². The van der Waals surface area contributed by atoms with Crippen molar-refractivity contribution in [2.75, 3.05) is 39.3 Å². The molecule has 0 radical (unpaired) electrons. The van der Waals surface area contributed by atoms with Crippen LogP contribution in [0.3, 0.4) is 0 Å². The zero-order chi connectivity index (χ0) is 18.9. The largest absolute Gasteiger partial charge is 0.337 e. The SMILES string of the molecule is Cc1ccc(C(=O)N2CCN(C(=O)C3(n4cccn4)CCNCC3)CC2)s1.Cl. The Bertz CT molecular complexity index is 808. The Morgan fingerprint density at radius 1 is 1.11 bits per heavy atom. The molecule has 2 fully saturated rings. The Kier molecular flexibility index (Phi) is 6.42. The van der Waals surface area contributed by atoms with Gasteiger partial charge in [-0.3, -0.25) is 14.3 Å². The van der Waals surface area contributed by atoms with Crippen molar-refractivity contribution in [1.29, 1.82) is 0 Å². The van der Waals surface area contributed by atoms with E-state index in [1.54, 1.807) is 6.20 Å². The Morgan fingerprint density at radius 3 is 2.36 bits per heavy atom. The Labute approximate surface area is 175 Å². The summed E-state index contributed by atoms with van der Waals surface area (Å²) in [5.74, 6) is 0.204. The van der Waals surface area contributed by atoms with Crippen molar-refractivity contribution in [2.24, 2.45) is 0 Å². The van der Waals surface area contributed by atoms with Gasteiger partial charge in [-0.05, 0) is 51.1 Å². The van der Waals surface area contributed by atoms with Crippen LogP contribution in [0.1, 0.15) is 27.4 Å². The van der Waals surface area contributed by atoms with Crippen LogP contribution in [0.2, 0.25) is 0 Å². The molecule has 28 heavy (non-hydrogen) atoms. The number of piperidine rings is 1. The fourth-order valence-electron chi connectivity index (χ4n) is 4.02. The third kappa shape index (κ3) is 3.81. The molecule has 0 aliphatic carbocycles. The Hall–Kier alpha value is -1.90. The maximum absolute atomic E-state index is 13.5. The number of halogens is 1. The van der Waals surface area contributed by atoms with Gasteiger partial charge in [0, 0.05) is 43.4 Å². The van der Waals surface area contributed by atoms with Crippen LogP contribution in [0.15, 0.2) is 30.6 Å². The summed E-state index contributed by atoms with van der Waals surface area (Å²) in [7, 11) is 0. The van der Waals surface area contributed by atoms with Crippen LogP contribution < -0.4 is 5.32 Å². The number of aromatic nitrogens is 2. The molecule has 0 aromatic carbocycles. The predicted octanol–water partition coefficient (Wildman–Crippen LogP) is 1.74. The fraction of sp³-hybridized carbons (Fsp3) is 0.526. The molecule has 2 saturated heterocycles. The average Bonchev–Trinajstić information content (AvgIpc) is 3.40. The second-order valence-corrected chi connectivity index (χ2v) is 8.51. The first-order chi connectivity index (χ1) is 13.1. The van der Waals surface area contributed by atoms with Gasteiger partial charge in [0.2, 0.25) is 0 Å². The van der Waals surface area contributed by atoms with E-state index in [0.717, 1.165) is 35.7 Å². The molecule has 0 saturated carbocycles. The minimum absolute atomic E-state index is 0. The lowest BCUT2D eigenvalue weighted by molar-refractivity contribution is -0.144. The van der Waals surface area contributed by atoms with E-state index >= 15 is 0 Å². The average molecular weight is 424 g/mol. The van der Waals surface area contributed by atoms with Crippen molar-refractivity contribution in [1.82, 2.24) is 24.9 Å². The first kappa shape index (κ1) is 20.8. The lowest BCUT2D eigenvalue weighted by Gasteiger charge is -2.43. The number of hydrogen-bond donors (Lipinski definition) is 1. The molecule has 0 atom stereocenters. The van der Waals surface area contributed by atoms with Crippen molar-refractivity contribution < 1.29 is 9.59 Å². The van der Waals surface area contributed by atoms with Gasteiger partial charge in [0.25, 0.3) is 11.8 Å². The number of nitrogens with zero attached hydrogens (tertiary/aromatic N) is 4. The van der Waals surface area contributed by atoms with Gasteiger partial charge in [-0.25, -0.2) is 0 Å². The van der Waals surface area contributed by atoms with E-state index in [4.69, 9.17) is 0 Å². The third-order valence-electron chi connectivity index (χ3n) is 5.58. The summed E-state index contributed by atoms with van der Waals surface area (Å²) < 4.78 is 1.84.